The minimum absolute atomic E-state index is 0.439. The average molecular weight is 266 g/mol. The number of benzene rings is 1. The number of pyridine rings is 1. The molecule has 20 heavy (non-hydrogen) atoms. The minimum Gasteiger partial charge on any atom is -0.497 e. The monoisotopic (exact) mass is 266 g/mol. The standard InChI is InChI=1S/C15H14N4O/c1-20-11-7-5-10(6-8-11)14-13(15(16)19-18-14)12-4-2-3-9-17-12/h2-9H,1H3,(H3,16,18,19). The van der Waals surface area contributed by atoms with Crippen LogP contribution in [0.1, 0.15) is 0 Å². The smallest absolute Gasteiger partial charge is 0.155 e. The van der Waals surface area contributed by atoms with E-state index in [0.29, 0.717) is 5.82 Å². The Kier molecular flexibility index (Phi) is 3.09. The lowest BCUT2D eigenvalue weighted by Crippen LogP contribution is -1.90. The van der Waals surface area contributed by atoms with Crippen LogP contribution in [0.4, 0.5) is 5.82 Å². The zero-order valence-corrected chi connectivity index (χ0v) is 11.0. The molecule has 0 atom stereocenters. The second kappa shape index (κ2) is 5.05. The topological polar surface area (TPSA) is 76.8 Å². The molecule has 1 aromatic carbocycles. The first kappa shape index (κ1) is 12.2. The Bertz CT molecular complexity index is 704. The Morgan fingerprint density at radius 1 is 1.10 bits per heavy atom. The summed E-state index contributed by atoms with van der Waals surface area (Å²) in [4.78, 5) is 4.34. The summed E-state index contributed by atoms with van der Waals surface area (Å²) in [6.07, 6.45) is 1.74. The molecule has 3 rings (SSSR count). The number of ether oxygens (including phenoxy) is 1. The third kappa shape index (κ3) is 2.09. The van der Waals surface area contributed by atoms with Gasteiger partial charge in [-0.2, -0.15) is 5.10 Å². The van der Waals surface area contributed by atoms with E-state index in [0.717, 1.165) is 28.3 Å². The Morgan fingerprint density at radius 3 is 2.55 bits per heavy atom. The molecule has 0 bridgehead atoms. The zero-order chi connectivity index (χ0) is 13.9. The second-order valence-electron chi connectivity index (χ2n) is 4.30. The predicted octanol–water partition coefficient (Wildman–Crippen LogP) is 2.73. The Hall–Kier alpha value is -2.82. The summed E-state index contributed by atoms with van der Waals surface area (Å²) in [6, 6.07) is 13.4. The van der Waals surface area contributed by atoms with E-state index in [1.54, 1.807) is 13.3 Å². The van der Waals surface area contributed by atoms with Gasteiger partial charge in [0.15, 0.2) is 5.82 Å². The summed E-state index contributed by atoms with van der Waals surface area (Å²) in [5.74, 6) is 1.25. The van der Waals surface area contributed by atoms with Crippen LogP contribution < -0.4 is 10.5 Å². The summed E-state index contributed by atoms with van der Waals surface area (Å²) in [7, 11) is 1.64. The van der Waals surface area contributed by atoms with Crippen LogP contribution in [0.3, 0.4) is 0 Å². The van der Waals surface area contributed by atoms with E-state index >= 15 is 0 Å². The van der Waals surface area contributed by atoms with Gasteiger partial charge in [0.2, 0.25) is 0 Å². The van der Waals surface area contributed by atoms with Gasteiger partial charge in [-0.15, -0.1) is 0 Å². The lowest BCUT2D eigenvalue weighted by molar-refractivity contribution is 0.415. The molecule has 0 saturated heterocycles. The molecular weight excluding hydrogens is 252 g/mol. The number of anilines is 1. The van der Waals surface area contributed by atoms with Crippen LogP contribution in [0.2, 0.25) is 0 Å². The molecule has 0 saturated carbocycles. The number of nitrogens with zero attached hydrogens (tertiary/aromatic N) is 2. The average Bonchev–Trinajstić information content (AvgIpc) is 2.90. The molecule has 0 unspecified atom stereocenters. The quantitative estimate of drug-likeness (QED) is 0.764. The van der Waals surface area contributed by atoms with E-state index in [9.17, 15) is 0 Å². The number of hydrogen-bond donors (Lipinski definition) is 2. The number of hydrogen-bond acceptors (Lipinski definition) is 4. The number of aromatic amines is 1. The molecule has 0 amide bonds. The number of rotatable bonds is 3. The van der Waals surface area contributed by atoms with E-state index in [4.69, 9.17) is 10.5 Å². The van der Waals surface area contributed by atoms with Crippen molar-refractivity contribution >= 4 is 5.82 Å². The first-order valence-corrected chi connectivity index (χ1v) is 6.19. The fourth-order valence-electron chi connectivity index (χ4n) is 2.09. The molecule has 3 aromatic rings. The third-order valence-electron chi connectivity index (χ3n) is 3.09. The number of methoxy groups -OCH3 is 1. The van der Waals surface area contributed by atoms with Gasteiger partial charge in [-0.3, -0.25) is 10.1 Å². The normalized spacial score (nSPS) is 10.4. The fourth-order valence-corrected chi connectivity index (χ4v) is 2.09. The molecule has 5 nitrogen and oxygen atoms in total. The van der Waals surface area contributed by atoms with Crippen LogP contribution in [-0.2, 0) is 0 Å². The molecule has 5 heteroatoms. The van der Waals surface area contributed by atoms with E-state index in [1.165, 1.54) is 0 Å². The van der Waals surface area contributed by atoms with Crippen molar-refractivity contribution in [1.29, 1.82) is 0 Å². The van der Waals surface area contributed by atoms with Crippen molar-refractivity contribution in [1.82, 2.24) is 15.2 Å². The van der Waals surface area contributed by atoms with Crippen molar-refractivity contribution in [2.45, 2.75) is 0 Å². The highest BCUT2D eigenvalue weighted by molar-refractivity contribution is 5.86. The molecule has 2 aromatic heterocycles. The van der Waals surface area contributed by atoms with E-state index in [-0.39, 0.29) is 0 Å². The van der Waals surface area contributed by atoms with Gasteiger partial charge >= 0.3 is 0 Å². The van der Waals surface area contributed by atoms with Crippen molar-refractivity contribution < 1.29 is 4.74 Å². The summed E-state index contributed by atoms with van der Waals surface area (Å²) >= 11 is 0. The highest BCUT2D eigenvalue weighted by atomic mass is 16.5. The Labute approximate surface area is 116 Å². The summed E-state index contributed by atoms with van der Waals surface area (Å²) in [5, 5.41) is 7.06. The maximum absolute atomic E-state index is 5.96. The van der Waals surface area contributed by atoms with Crippen LogP contribution >= 0.6 is 0 Å². The first-order valence-electron chi connectivity index (χ1n) is 6.19. The van der Waals surface area contributed by atoms with Gasteiger partial charge in [-0.25, -0.2) is 0 Å². The van der Waals surface area contributed by atoms with Crippen LogP contribution in [0, 0.1) is 0 Å². The van der Waals surface area contributed by atoms with Crippen LogP contribution in [0.5, 0.6) is 5.75 Å². The largest absolute Gasteiger partial charge is 0.497 e. The maximum atomic E-state index is 5.96. The molecule has 2 heterocycles. The molecule has 0 radical (unpaired) electrons. The van der Waals surface area contributed by atoms with E-state index < -0.39 is 0 Å². The van der Waals surface area contributed by atoms with Crippen LogP contribution in [-0.4, -0.2) is 22.3 Å². The first-order chi connectivity index (χ1) is 9.79. The number of H-pyrrole nitrogens is 1. The van der Waals surface area contributed by atoms with Crippen molar-refractivity contribution in [3.63, 3.8) is 0 Å². The number of aromatic nitrogens is 3. The second-order valence-corrected chi connectivity index (χ2v) is 4.30. The number of nitrogens with one attached hydrogen (secondary N) is 1. The molecule has 3 N–H and O–H groups in total. The molecule has 0 aliphatic rings. The summed E-state index contributed by atoms with van der Waals surface area (Å²) < 4.78 is 5.16. The van der Waals surface area contributed by atoms with Gasteiger partial charge in [-0.05, 0) is 36.4 Å². The molecule has 0 aliphatic heterocycles. The lowest BCUT2D eigenvalue weighted by Gasteiger charge is -2.05. The summed E-state index contributed by atoms with van der Waals surface area (Å²) in [5.41, 5.74) is 9.40. The SMILES string of the molecule is COc1ccc(-c2[nH]nc(N)c2-c2ccccn2)cc1. The minimum atomic E-state index is 0.439. The zero-order valence-electron chi connectivity index (χ0n) is 11.0. The van der Waals surface area contributed by atoms with Crippen LogP contribution in [0.25, 0.3) is 22.5 Å². The molecular formula is C15H14N4O. The van der Waals surface area contributed by atoms with Gasteiger partial charge < -0.3 is 10.5 Å². The fraction of sp³-hybridized carbons (Fsp3) is 0.0667. The highest BCUT2D eigenvalue weighted by Crippen LogP contribution is 2.33. The Morgan fingerprint density at radius 2 is 1.90 bits per heavy atom. The van der Waals surface area contributed by atoms with Crippen molar-refractivity contribution in [2.24, 2.45) is 0 Å². The van der Waals surface area contributed by atoms with Crippen molar-refractivity contribution in [3.8, 4) is 28.3 Å². The van der Waals surface area contributed by atoms with Gasteiger partial charge in [0.05, 0.1) is 24.1 Å². The van der Waals surface area contributed by atoms with Crippen molar-refractivity contribution in [2.75, 3.05) is 12.8 Å². The predicted molar refractivity (Wildman–Crippen MR) is 78.2 cm³/mol. The molecule has 0 spiro atoms. The molecule has 0 fully saturated rings. The van der Waals surface area contributed by atoms with Crippen molar-refractivity contribution in [3.05, 3.63) is 48.7 Å². The van der Waals surface area contributed by atoms with Crippen LogP contribution in [0.15, 0.2) is 48.7 Å². The van der Waals surface area contributed by atoms with E-state index in [1.807, 2.05) is 42.5 Å². The third-order valence-corrected chi connectivity index (χ3v) is 3.09. The maximum Gasteiger partial charge on any atom is 0.155 e. The summed E-state index contributed by atoms with van der Waals surface area (Å²) in [6.45, 7) is 0. The van der Waals surface area contributed by atoms with E-state index in [2.05, 4.69) is 15.2 Å². The van der Waals surface area contributed by atoms with Gasteiger partial charge in [-0.1, -0.05) is 6.07 Å². The molecule has 100 valence electrons. The van der Waals surface area contributed by atoms with Gasteiger partial charge in [0, 0.05) is 11.8 Å². The highest BCUT2D eigenvalue weighted by Gasteiger charge is 2.15. The van der Waals surface area contributed by atoms with Gasteiger partial charge in [0.1, 0.15) is 5.75 Å². The van der Waals surface area contributed by atoms with Gasteiger partial charge in [0.25, 0.3) is 0 Å². The number of nitrogens with two attached hydrogens (primary N) is 1. The molecule has 0 aliphatic carbocycles. The lowest BCUT2D eigenvalue weighted by atomic mass is 10.0. The number of nitrogen functional groups attached to an aromatic ring is 1. The Balaban J connectivity index is 2.11.